The molecule has 0 saturated heterocycles. The van der Waals surface area contributed by atoms with Crippen LogP contribution in [0.5, 0.6) is 0 Å². The second-order valence-electron chi connectivity index (χ2n) is 5.17. The molecule has 0 spiro atoms. The van der Waals surface area contributed by atoms with Crippen LogP contribution in [0.15, 0.2) is 24.3 Å². The van der Waals surface area contributed by atoms with Crippen molar-refractivity contribution in [1.82, 2.24) is 5.32 Å². The Bertz CT molecular complexity index is 346. The standard InChI is InChI=1S/C14H20FN/c1-3-16-10-12-9-14(12,2)8-11-4-6-13(15)7-5-11/h4-7,12,16H,3,8-10H2,1-2H3. The van der Waals surface area contributed by atoms with Crippen molar-refractivity contribution in [3.8, 4) is 0 Å². The van der Waals surface area contributed by atoms with E-state index in [1.165, 1.54) is 12.0 Å². The summed E-state index contributed by atoms with van der Waals surface area (Å²) in [7, 11) is 0. The molecule has 0 radical (unpaired) electrons. The maximum atomic E-state index is 12.8. The number of halogens is 1. The maximum absolute atomic E-state index is 12.8. The van der Waals surface area contributed by atoms with Crippen LogP contribution in [0.3, 0.4) is 0 Å². The van der Waals surface area contributed by atoms with Gasteiger partial charge in [-0.05, 0) is 55.0 Å². The van der Waals surface area contributed by atoms with Gasteiger partial charge in [0.1, 0.15) is 5.82 Å². The summed E-state index contributed by atoms with van der Waals surface area (Å²) in [5, 5.41) is 3.40. The molecule has 1 saturated carbocycles. The van der Waals surface area contributed by atoms with Crippen molar-refractivity contribution in [2.75, 3.05) is 13.1 Å². The van der Waals surface area contributed by atoms with Crippen molar-refractivity contribution < 1.29 is 4.39 Å². The molecular formula is C14H20FN. The van der Waals surface area contributed by atoms with Gasteiger partial charge < -0.3 is 5.32 Å². The summed E-state index contributed by atoms with van der Waals surface area (Å²) in [6, 6.07) is 6.92. The second-order valence-corrected chi connectivity index (χ2v) is 5.17. The number of hydrogen-bond donors (Lipinski definition) is 1. The molecule has 0 heterocycles. The summed E-state index contributed by atoms with van der Waals surface area (Å²) in [5.41, 5.74) is 1.68. The van der Waals surface area contributed by atoms with Crippen LogP contribution in [0.2, 0.25) is 0 Å². The molecule has 1 fully saturated rings. The lowest BCUT2D eigenvalue weighted by Crippen LogP contribution is -2.19. The van der Waals surface area contributed by atoms with E-state index in [0.717, 1.165) is 25.4 Å². The molecule has 1 aliphatic rings. The van der Waals surface area contributed by atoms with Gasteiger partial charge in [-0.1, -0.05) is 26.0 Å². The van der Waals surface area contributed by atoms with Crippen molar-refractivity contribution in [1.29, 1.82) is 0 Å². The molecule has 2 unspecified atom stereocenters. The van der Waals surface area contributed by atoms with Crippen molar-refractivity contribution in [3.05, 3.63) is 35.6 Å². The normalized spacial score (nSPS) is 28.1. The summed E-state index contributed by atoms with van der Waals surface area (Å²) >= 11 is 0. The molecule has 1 nitrogen and oxygen atoms in total. The topological polar surface area (TPSA) is 12.0 Å². The Balaban J connectivity index is 1.89. The fraction of sp³-hybridized carbons (Fsp3) is 0.571. The second kappa shape index (κ2) is 4.54. The van der Waals surface area contributed by atoms with Gasteiger partial charge in [-0.15, -0.1) is 0 Å². The Labute approximate surface area is 97.1 Å². The van der Waals surface area contributed by atoms with Crippen molar-refractivity contribution >= 4 is 0 Å². The molecule has 16 heavy (non-hydrogen) atoms. The minimum absolute atomic E-state index is 0.145. The van der Waals surface area contributed by atoms with Crippen LogP contribution in [-0.4, -0.2) is 13.1 Å². The minimum Gasteiger partial charge on any atom is -0.317 e. The predicted molar refractivity (Wildman–Crippen MR) is 64.9 cm³/mol. The zero-order chi connectivity index (χ0) is 11.6. The van der Waals surface area contributed by atoms with E-state index >= 15 is 0 Å². The molecule has 88 valence electrons. The Morgan fingerprint density at radius 2 is 2.06 bits per heavy atom. The molecule has 1 aliphatic carbocycles. The lowest BCUT2D eigenvalue weighted by atomic mass is 9.96. The first-order valence-electron chi connectivity index (χ1n) is 6.09. The maximum Gasteiger partial charge on any atom is 0.123 e. The number of nitrogens with one attached hydrogen (secondary N) is 1. The van der Waals surface area contributed by atoms with Crippen LogP contribution < -0.4 is 5.32 Å². The van der Waals surface area contributed by atoms with Crippen LogP contribution in [0.25, 0.3) is 0 Å². The zero-order valence-corrected chi connectivity index (χ0v) is 10.1. The largest absolute Gasteiger partial charge is 0.317 e. The summed E-state index contributed by atoms with van der Waals surface area (Å²) in [5.74, 6) is 0.645. The third-order valence-corrected chi connectivity index (χ3v) is 3.70. The van der Waals surface area contributed by atoms with Crippen molar-refractivity contribution in [2.24, 2.45) is 11.3 Å². The first-order chi connectivity index (χ1) is 7.64. The molecule has 0 aromatic heterocycles. The summed E-state index contributed by atoms with van der Waals surface area (Å²) in [4.78, 5) is 0. The van der Waals surface area contributed by atoms with Gasteiger partial charge in [0.2, 0.25) is 0 Å². The molecule has 2 heteroatoms. The quantitative estimate of drug-likeness (QED) is 0.806. The molecule has 0 amide bonds. The van der Waals surface area contributed by atoms with Crippen molar-refractivity contribution in [3.63, 3.8) is 0 Å². The molecule has 1 aromatic rings. The highest BCUT2D eigenvalue weighted by molar-refractivity contribution is 5.20. The van der Waals surface area contributed by atoms with Crippen LogP contribution >= 0.6 is 0 Å². The van der Waals surface area contributed by atoms with E-state index in [0.29, 0.717) is 5.41 Å². The average molecular weight is 221 g/mol. The number of hydrogen-bond acceptors (Lipinski definition) is 1. The summed E-state index contributed by atoms with van der Waals surface area (Å²) in [6.07, 6.45) is 2.36. The van der Waals surface area contributed by atoms with E-state index in [9.17, 15) is 4.39 Å². The highest BCUT2D eigenvalue weighted by Gasteiger charge is 2.48. The lowest BCUT2D eigenvalue weighted by molar-refractivity contribution is 0.480. The van der Waals surface area contributed by atoms with E-state index in [-0.39, 0.29) is 5.82 Å². The van der Waals surface area contributed by atoms with Gasteiger partial charge in [0.05, 0.1) is 0 Å². The van der Waals surface area contributed by atoms with E-state index in [4.69, 9.17) is 0 Å². The highest BCUT2D eigenvalue weighted by Crippen LogP contribution is 2.53. The van der Waals surface area contributed by atoms with E-state index < -0.39 is 0 Å². The Kier molecular flexibility index (Phi) is 3.29. The van der Waals surface area contributed by atoms with E-state index in [1.54, 1.807) is 12.1 Å². The first kappa shape index (κ1) is 11.6. The average Bonchev–Trinajstić information content (AvgIpc) is 2.90. The molecule has 2 rings (SSSR count). The monoisotopic (exact) mass is 221 g/mol. The molecule has 2 atom stereocenters. The zero-order valence-electron chi connectivity index (χ0n) is 10.1. The predicted octanol–water partition coefficient (Wildman–Crippen LogP) is 3.00. The SMILES string of the molecule is CCNCC1CC1(C)Cc1ccc(F)cc1. The number of benzene rings is 1. The lowest BCUT2D eigenvalue weighted by Gasteiger charge is -2.11. The Morgan fingerprint density at radius 1 is 1.38 bits per heavy atom. The molecular weight excluding hydrogens is 201 g/mol. The third kappa shape index (κ3) is 2.62. The molecule has 0 aliphatic heterocycles. The van der Waals surface area contributed by atoms with Crippen LogP contribution in [0.1, 0.15) is 25.8 Å². The molecule has 1 N–H and O–H groups in total. The van der Waals surface area contributed by atoms with Gasteiger partial charge in [0, 0.05) is 0 Å². The van der Waals surface area contributed by atoms with Crippen molar-refractivity contribution in [2.45, 2.75) is 26.7 Å². The van der Waals surface area contributed by atoms with Crippen LogP contribution in [0.4, 0.5) is 4.39 Å². The Hall–Kier alpha value is -0.890. The van der Waals surface area contributed by atoms with Gasteiger partial charge in [-0.25, -0.2) is 4.39 Å². The minimum atomic E-state index is -0.145. The third-order valence-electron chi connectivity index (χ3n) is 3.70. The van der Waals surface area contributed by atoms with Crippen LogP contribution in [0, 0.1) is 17.2 Å². The smallest absolute Gasteiger partial charge is 0.123 e. The summed E-state index contributed by atoms with van der Waals surface area (Å²) < 4.78 is 12.8. The van der Waals surface area contributed by atoms with Gasteiger partial charge in [-0.3, -0.25) is 0 Å². The van der Waals surface area contributed by atoms with Gasteiger partial charge in [0.15, 0.2) is 0 Å². The van der Waals surface area contributed by atoms with Gasteiger partial charge in [-0.2, -0.15) is 0 Å². The van der Waals surface area contributed by atoms with E-state index in [2.05, 4.69) is 19.2 Å². The fourth-order valence-corrected chi connectivity index (χ4v) is 2.43. The first-order valence-corrected chi connectivity index (χ1v) is 6.09. The van der Waals surface area contributed by atoms with Crippen LogP contribution in [-0.2, 0) is 6.42 Å². The molecule has 1 aromatic carbocycles. The van der Waals surface area contributed by atoms with E-state index in [1.807, 2.05) is 12.1 Å². The Morgan fingerprint density at radius 3 is 2.69 bits per heavy atom. The van der Waals surface area contributed by atoms with Gasteiger partial charge in [0.25, 0.3) is 0 Å². The number of rotatable bonds is 5. The summed E-state index contributed by atoms with van der Waals surface area (Å²) in [6.45, 7) is 6.63. The fourth-order valence-electron chi connectivity index (χ4n) is 2.43. The van der Waals surface area contributed by atoms with Gasteiger partial charge >= 0.3 is 0 Å². The molecule has 0 bridgehead atoms. The highest BCUT2D eigenvalue weighted by atomic mass is 19.1.